The van der Waals surface area contributed by atoms with Crippen molar-refractivity contribution >= 4 is 11.9 Å². The van der Waals surface area contributed by atoms with Crippen molar-refractivity contribution in [3.05, 3.63) is 84.4 Å². The van der Waals surface area contributed by atoms with Crippen molar-refractivity contribution in [2.24, 2.45) is 11.7 Å². The molecule has 2 rings (SSSR count). The minimum atomic E-state index is -0.801. The van der Waals surface area contributed by atoms with Gasteiger partial charge in [0.1, 0.15) is 12.6 Å². The summed E-state index contributed by atoms with van der Waals surface area (Å²) in [4.78, 5) is 24.8. The average Bonchev–Trinajstić information content (AvgIpc) is 2.78. The maximum Gasteiger partial charge on any atom is 0.323 e. The predicted octanol–water partition coefficient (Wildman–Crippen LogP) is 3.09. The lowest BCUT2D eigenvalue weighted by atomic mass is 10.0. The Morgan fingerprint density at radius 2 is 1.52 bits per heavy atom. The smallest absolute Gasteiger partial charge is 0.323 e. The van der Waals surface area contributed by atoms with Gasteiger partial charge in [-0.05, 0) is 24.0 Å². The molecular formula is C25H31NO5. The van der Waals surface area contributed by atoms with Gasteiger partial charge in [0.25, 0.3) is 0 Å². The third-order valence-electron chi connectivity index (χ3n) is 4.62. The number of benzene rings is 2. The van der Waals surface area contributed by atoms with Crippen LogP contribution in [-0.2, 0) is 36.6 Å². The Labute approximate surface area is 184 Å². The van der Waals surface area contributed by atoms with Gasteiger partial charge in [-0.3, -0.25) is 9.59 Å². The van der Waals surface area contributed by atoms with Crippen LogP contribution in [0.3, 0.4) is 0 Å². The first-order valence-electron chi connectivity index (χ1n) is 10.4. The minimum absolute atomic E-state index is 0.0943. The second-order valence-electron chi connectivity index (χ2n) is 7.40. The number of esters is 2. The molecule has 0 heterocycles. The molecule has 2 aromatic rings. The molecule has 0 spiro atoms. The molecule has 0 aliphatic heterocycles. The largest absolute Gasteiger partial charge is 0.460 e. The number of hydrogen-bond acceptors (Lipinski definition) is 6. The number of ether oxygens (including phenoxy) is 3. The van der Waals surface area contributed by atoms with Gasteiger partial charge < -0.3 is 19.9 Å². The average molecular weight is 426 g/mol. The van der Waals surface area contributed by atoms with Crippen molar-refractivity contribution in [2.45, 2.75) is 31.9 Å². The maximum atomic E-state index is 12.5. The highest BCUT2D eigenvalue weighted by atomic mass is 16.6. The Kier molecular flexibility index (Phi) is 10.5. The molecule has 0 saturated carbocycles. The molecule has 31 heavy (non-hydrogen) atoms. The molecule has 3 atom stereocenters. The van der Waals surface area contributed by atoms with E-state index in [4.69, 9.17) is 19.9 Å². The summed E-state index contributed by atoms with van der Waals surface area (Å²) in [7, 11) is 0. The fourth-order valence-corrected chi connectivity index (χ4v) is 2.96. The van der Waals surface area contributed by atoms with Crippen molar-refractivity contribution in [3.8, 4) is 0 Å². The van der Waals surface area contributed by atoms with Crippen LogP contribution >= 0.6 is 0 Å². The molecule has 0 aromatic heterocycles. The summed E-state index contributed by atoms with van der Waals surface area (Å²) in [6.07, 6.45) is 1.80. The van der Waals surface area contributed by atoms with E-state index in [2.05, 4.69) is 6.58 Å². The predicted molar refractivity (Wildman–Crippen MR) is 119 cm³/mol. The van der Waals surface area contributed by atoms with Gasteiger partial charge in [0.2, 0.25) is 0 Å². The molecule has 166 valence electrons. The lowest BCUT2D eigenvalue weighted by Gasteiger charge is -2.21. The zero-order chi connectivity index (χ0) is 22.5. The molecule has 0 fully saturated rings. The van der Waals surface area contributed by atoms with Crippen LogP contribution in [0.25, 0.3) is 0 Å². The normalized spacial score (nSPS) is 13.6. The number of carbonyl (C=O) groups excluding carboxylic acids is 2. The van der Waals surface area contributed by atoms with E-state index >= 15 is 0 Å². The van der Waals surface area contributed by atoms with E-state index in [0.717, 1.165) is 11.1 Å². The molecule has 6 heteroatoms. The molecule has 0 aliphatic rings. The number of nitrogens with two attached hydrogens (primary N) is 1. The van der Waals surface area contributed by atoms with E-state index in [1.807, 2.05) is 60.7 Å². The Balaban J connectivity index is 1.87. The Hall–Kier alpha value is -2.96. The van der Waals surface area contributed by atoms with Crippen LogP contribution in [0, 0.1) is 5.92 Å². The van der Waals surface area contributed by atoms with E-state index in [0.29, 0.717) is 19.4 Å². The van der Waals surface area contributed by atoms with E-state index in [1.165, 1.54) is 0 Å². The monoisotopic (exact) mass is 425 g/mol. The molecule has 1 unspecified atom stereocenters. The van der Waals surface area contributed by atoms with Crippen LogP contribution in [0.15, 0.2) is 73.3 Å². The van der Waals surface area contributed by atoms with Crippen LogP contribution in [0.4, 0.5) is 0 Å². The highest BCUT2D eigenvalue weighted by Crippen LogP contribution is 2.12. The summed E-state index contributed by atoms with van der Waals surface area (Å²) >= 11 is 0. The Morgan fingerprint density at radius 1 is 0.935 bits per heavy atom. The van der Waals surface area contributed by atoms with Gasteiger partial charge >= 0.3 is 11.9 Å². The van der Waals surface area contributed by atoms with Gasteiger partial charge in [-0.2, -0.15) is 0 Å². The third-order valence-corrected chi connectivity index (χ3v) is 4.62. The van der Waals surface area contributed by atoms with Crippen molar-refractivity contribution in [2.75, 3.05) is 19.8 Å². The summed E-state index contributed by atoms with van der Waals surface area (Å²) in [6.45, 7) is 5.67. The van der Waals surface area contributed by atoms with Crippen LogP contribution in [0.1, 0.15) is 18.1 Å². The van der Waals surface area contributed by atoms with Crippen molar-refractivity contribution in [1.29, 1.82) is 0 Å². The molecule has 2 aromatic carbocycles. The first kappa shape index (κ1) is 24.3. The standard InChI is InChI=1S/C25H31NO5/c1-3-14-29-17-22(31-24(27)19(2)15-20-10-6-4-7-11-20)18-30-25(28)23(26)16-21-12-8-5-9-13-21/h3-13,19,22-23H,1,14-18,26H2,2H3/t19-,22?,23-/m0/s1. The highest BCUT2D eigenvalue weighted by molar-refractivity contribution is 5.76. The minimum Gasteiger partial charge on any atom is -0.460 e. The zero-order valence-electron chi connectivity index (χ0n) is 17.9. The lowest BCUT2D eigenvalue weighted by Crippen LogP contribution is -2.38. The number of hydrogen-bond donors (Lipinski definition) is 1. The second kappa shape index (κ2) is 13.4. The van der Waals surface area contributed by atoms with Gasteiger partial charge in [-0.1, -0.05) is 73.7 Å². The second-order valence-corrected chi connectivity index (χ2v) is 7.40. The van der Waals surface area contributed by atoms with Gasteiger partial charge in [0, 0.05) is 0 Å². The quantitative estimate of drug-likeness (QED) is 0.301. The molecule has 6 nitrogen and oxygen atoms in total. The van der Waals surface area contributed by atoms with Gasteiger partial charge in [0.05, 0.1) is 19.1 Å². The van der Waals surface area contributed by atoms with Crippen molar-refractivity contribution in [3.63, 3.8) is 0 Å². The molecule has 0 bridgehead atoms. The van der Waals surface area contributed by atoms with Crippen LogP contribution in [0.2, 0.25) is 0 Å². The van der Waals surface area contributed by atoms with Gasteiger partial charge in [-0.25, -0.2) is 0 Å². The van der Waals surface area contributed by atoms with E-state index in [9.17, 15) is 9.59 Å². The molecule has 2 N–H and O–H groups in total. The summed E-state index contributed by atoms with van der Waals surface area (Å²) < 4.78 is 16.3. The van der Waals surface area contributed by atoms with Crippen LogP contribution in [0.5, 0.6) is 0 Å². The first-order valence-corrected chi connectivity index (χ1v) is 10.4. The van der Waals surface area contributed by atoms with E-state index < -0.39 is 18.1 Å². The molecule has 0 aliphatic carbocycles. The third kappa shape index (κ3) is 9.15. The fourth-order valence-electron chi connectivity index (χ4n) is 2.96. The SMILES string of the molecule is C=CCOCC(COC(=O)[C@@H](N)Cc1ccccc1)OC(=O)[C@@H](C)Cc1ccccc1. The zero-order valence-corrected chi connectivity index (χ0v) is 17.9. The number of carbonyl (C=O) groups is 2. The summed E-state index contributed by atoms with van der Waals surface area (Å²) in [5.74, 6) is -1.27. The van der Waals surface area contributed by atoms with Gasteiger partial charge in [0.15, 0.2) is 6.10 Å². The summed E-state index contributed by atoms with van der Waals surface area (Å²) in [6, 6.07) is 18.4. The summed E-state index contributed by atoms with van der Waals surface area (Å²) in [5.41, 5.74) is 7.96. The molecule has 0 saturated heterocycles. The van der Waals surface area contributed by atoms with Crippen LogP contribution < -0.4 is 5.73 Å². The highest BCUT2D eigenvalue weighted by Gasteiger charge is 2.23. The first-order chi connectivity index (χ1) is 15.0. The van der Waals surface area contributed by atoms with E-state index in [1.54, 1.807) is 13.0 Å². The molecule has 0 amide bonds. The fraction of sp³-hybridized carbons (Fsp3) is 0.360. The van der Waals surface area contributed by atoms with Crippen molar-refractivity contribution < 1.29 is 23.8 Å². The van der Waals surface area contributed by atoms with E-state index in [-0.39, 0.29) is 25.1 Å². The lowest BCUT2D eigenvalue weighted by molar-refractivity contribution is -0.166. The maximum absolute atomic E-state index is 12.5. The molecule has 0 radical (unpaired) electrons. The summed E-state index contributed by atoms with van der Waals surface area (Å²) in [5, 5.41) is 0. The molecular weight excluding hydrogens is 394 g/mol. The van der Waals surface area contributed by atoms with Crippen LogP contribution in [-0.4, -0.2) is 43.9 Å². The van der Waals surface area contributed by atoms with Gasteiger partial charge in [-0.15, -0.1) is 6.58 Å². The topological polar surface area (TPSA) is 87.8 Å². The van der Waals surface area contributed by atoms with Crippen molar-refractivity contribution in [1.82, 2.24) is 0 Å². The Morgan fingerprint density at radius 3 is 2.10 bits per heavy atom. The Bertz CT molecular complexity index is 809. The number of rotatable bonds is 13.